The summed E-state index contributed by atoms with van der Waals surface area (Å²) in [7, 11) is 0. The van der Waals surface area contributed by atoms with E-state index in [0.717, 1.165) is 11.3 Å². The topological polar surface area (TPSA) is 59.3 Å². The molecule has 4 nitrogen and oxygen atoms in total. The van der Waals surface area contributed by atoms with Gasteiger partial charge in [-0.15, -0.1) is 0 Å². The molecule has 1 saturated carbocycles. The maximum Gasteiger partial charge on any atom is 0.309 e. The van der Waals surface area contributed by atoms with Gasteiger partial charge in [-0.2, -0.15) is 5.26 Å². The van der Waals surface area contributed by atoms with Crippen molar-refractivity contribution in [3.05, 3.63) is 29.3 Å². The molecule has 4 heteroatoms. The zero-order valence-corrected chi connectivity index (χ0v) is 10.1. The molecule has 92 valence electrons. The number of fused-ring (bicyclic) bond motifs is 3. The maximum atomic E-state index is 11.8. The summed E-state index contributed by atoms with van der Waals surface area (Å²) in [6, 6.07) is 7.49. The van der Waals surface area contributed by atoms with Crippen LogP contribution >= 0.6 is 0 Å². The highest BCUT2D eigenvalue weighted by Crippen LogP contribution is 2.59. The van der Waals surface area contributed by atoms with Crippen LogP contribution in [0.25, 0.3) is 0 Å². The van der Waals surface area contributed by atoms with Gasteiger partial charge in [0.05, 0.1) is 30.8 Å². The average molecular weight is 243 g/mol. The number of ether oxygens (including phenoxy) is 2. The SMILES string of the molecule is CCOC(=O)C1[C@H]2COc3cc(C#N)ccc3[C@@H]12. The Hall–Kier alpha value is -2.02. The lowest BCUT2D eigenvalue weighted by atomic mass is 10.0. The molecule has 1 heterocycles. The summed E-state index contributed by atoms with van der Waals surface area (Å²) < 4.78 is 10.7. The van der Waals surface area contributed by atoms with E-state index in [0.29, 0.717) is 18.8 Å². The van der Waals surface area contributed by atoms with Crippen molar-refractivity contribution in [2.24, 2.45) is 11.8 Å². The van der Waals surface area contributed by atoms with E-state index in [2.05, 4.69) is 6.07 Å². The number of nitrogens with zero attached hydrogens (tertiary/aromatic N) is 1. The molecule has 0 aromatic heterocycles. The molecule has 1 unspecified atom stereocenters. The van der Waals surface area contributed by atoms with Crippen molar-refractivity contribution >= 4 is 5.97 Å². The Kier molecular flexibility index (Phi) is 2.48. The van der Waals surface area contributed by atoms with Gasteiger partial charge in [-0.1, -0.05) is 6.07 Å². The minimum absolute atomic E-state index is 0.0702. The summed E-state index contributed by atoms with van der Waals surface area (Å²) in [5.41, 5.74) is 1.61. The normalized spacial score (nSPS) is 27.2. The van der Waals surface area contributed by atoms with E-state index in [1.165, 1.54) is 0 Å². The Bertz CT molecular complexity index is 546. The van der Waals surface area contributed by atoms with Crippen molar-refractivity contribution in [2.45, 2.75) is 12.8 Å². The van der Waals surface area contributed by atoms with E-state index in [9.17, 15) is 4.79 Å². The number of carbonyl (C=O) groups excluding carboxylic acids is 1. The van der Waals surface area contributed by atoms with Crippen LogP contribution in [0.5, 0.6) is 5.75 Å². The molecule has 1 aliphatic carbocycles. The van der Waals surface area contributed by atoms with Crippen LogP contribution in [-0.2, 0) is 9.53 Å². The van der Waals surface area contributed by atoms with Crippen molar-refractivity contribution in [1.82, 2.24) is 0 Å². The fraction of sp³-hybridized carbons (Fsp3) is 0.429. The molecule has 0 N–H and O–H groups in total. The number of rotatable bonds is 2. The third-order valence-electron chi connectivity index (χ3n) is 3.66. The first-order valence-electron chi connectivity index (χ1n) is 6.09. The molecule has 1 aromatic carbocycles. The van der Waals surface area contributed by atoms with Crippen LogP contribution in [0.15, 0.2) is 18.2 Å². The van der Waals surface area contributed by atoms with E-state index in [1.807, 2.05) is 13.0 Å². The number of benzene rings is 1. The van der Waals surface area contributed by atoms with E-state index in [-0.39, 0.29) is 23.7 Å². The molecule has 1 aliphatic heterocycles. The van der Waals surface area contributed by atoms with Gasteiger partial charge in [0.15, 0.2) is 0 Å². The van der Waals surface area contributed by atoms with Crippen LogP contribution in [0.4, 0.5) is 0 Å². The Labute approximate surface area is 105 Å². The molecule has 0 radical (unpaired) electrons. The zero-order valence-electron chi connectivity index (χ0n) is 10.1. The summed E-state index contributed by atoms with van der Waals surface area (Å²) in [4.78, 5) is 11.8. The Morgan fingerprint density at radius 2 is 2.44 bits per heavy atom. The number of hydrogen-bond acceptors (Lipinski definition) is 4. The van der Waals surface area contributed by atoms with Crippen LogP contribution in [0.2, 0.25) is 0 Å². The van der Waals surface area contributed by atoms with Gasteiger partial charge in [-0.05, 0) is 24.6 Å². The van der Waals surface area contributed by atoms with Gasteiger partial charge in [-0.25, -0.2) is 0 Å². The first-order chi connectivity index (χ1) is 8.76. The van der Waals surface area contributed by atoms with E-state index >= 15 is 0 Å². The fourth-order valence-corrected chi connectivity index (χ4v) is 2.76. The molecule has 3 rings (SSSR count). The lowest BCUT2D eigenvalue weighted by Gasteiger charge is -2.15. The second-order valence-corrected chi connectivity index (χ2v) is 4.64. The van der Waals surface area contributed by atoms with Gasteiger partial charge in [0.1, 0.15) is 5.75 Å². The van der Waals surface area contributed by atoms with Crippen LogP contribution < -0.4 is 4.74 Å². The lowest BCUT2D eigenvalue weighted by molar-refractivity contribution is -0.145. The van der Waals surface area contributed by atoms with Crippen molar-refractivity contribution < 1.29 is 14.3 Å². The number of nitriles is 1. The smallest absolute Gasteiger partial charge is 0.309 e. The Balaban J connectivity index is 1.87. The first kappa shape index (κ1) is 11.1. The van der Waals surface area contributed by atoms with Crippen LogP contribution in [0.1, 0.15) is 24.0 Å². The van der Waals surface area contributed by atoms with Crippen molar-refractivity contribution in [3.8, 4) is 11.8 Å². The van der Waals surface area contributed by atoms with E-state index in [1.54, 1.807) is 12.1 Å². The first-order valence-corrected chi connectivity index (χ1v) is 6.09. The molecule has 1 aromatic rings. The van der Waals surface area contributed by atoms with Gasteiger partial charge in [0.25, 0.3) is 0 Å². The second kappa shape index (κ2) is 4.02. The molecule has 3 atom stereocenters. The van der Waals surface area contributed by atoms with Crippen molar-refractivity contribution in [2.75, 3.05) is 13.2 Å². The number of hydrogen-bond donors (Lipinski definition) is 0. The van der Waals surface area contributed by atoms with Crippen LogP contribution in [0.3, 0.4) is 0 Å². The molecule has 0 saturated heterocycles. The van der Waals surface area contributed by atoms with Gasteiger partial charge in [0, 0.05) is 11.8 Å². The largest absolute Gasteiger partial charge is 0.493 e. The van der Waals surface area contributed by atoms with E-state index < -0.39 is 0 Å². The Morgan fingerprint density at radius 1 is 1.61 bits per heavy atom. The van der Waals surface area contributed by atoms with Gasteiger partial charge in [0.2, 0.25) is 0 Å². The maximum absolute atomic E-state index is 11.8. The minimum Gasteiger partial charge on any atom is -0.493 e. The van der Waals surface area contributed by atoms with Crippen molar-refractivity contribution in [3.63, 3.8) is 0 Å². The monoisotopic (exact) mass is 243 g/mol. The highest BCUT2D eigenvalue weighted by Gasteiger charge is 2.59. The second-order valence-electron chi connectivity index (χ2n) is 4.64. The standard InChI is InChI=1S/C14H13NO3/c1-2-17-14(16)13-10-7-18-11-5-8(6-15)3-4-9(11)12(10)13/h3-5,10,12-13H,2,7H2,1H3/t10-,12+,13?/m0/s1. The van der Waals surface area contributed by atoms with Gasteiger partial charge in [-0.3, -0.25) is 4.79 Å². The highest BCUT2D eigenvalue weighted by molar-refractivity contribution is 5.79. The molecule has 0 amide bonds. The minimum atomic E-state index is -0.131. The summed E-state index contributed by atoms with van der Waals surface area (Å²) >= 11 is 0. The Morgan fingerprint density at radius 3 is 3.17 bits per heavy atom. The fourth-order valence-electron chi connectivity index (χ4n) is 2.76. The molecule has 2 aliphatic rings. The number of esters is 1. The summed E-state index contributed by atoms with van der Waals surface area (Å²) in [5, 5.41) is 8.85. The van der Waals surface area contributed by atoms with Gasteiger partial charge < -0.3 is 9.47 Å². The quantitative estimate of drug-likeness (QED) is 0.744. The van der Waals surface area contributed by atoms with Crippen LogP contribution in [0, 0.1) is 23.2 Å². The summed E-state index contributed by atoms with van der Waals surface area (Å²) in [6.45, 7) is 2.76. The van der Waals surface area contributed by atoms with Crippen LogP contribution in [-0.4, -0.2) is 19.2 Å². The zero-order chi connectivity index (χ0) is 12.7. The lowest BCUT2D eigenvalue weighted by Crippen LogP contribution is -2.10. The average Bonchev–Trinajstić information content (AvgIpc) is 3.13. The molecular formula is C14H13NO3. The summed E-state index contributed by atoms with van der Waals surface area (Å²) in [5.74, 6) is 0.986. The molecule has 1 fully saturated rings. The molecular weight excluding hydrogens is 230 g/mol. The van der Waals surface area contributed by atoms with E-state index in [4.69, 9.17) is 14.7 Å². The third kappa shape index (κ3) is 1.55. The predicted octanol–water partition coefficient (Wildman–Crippen LogP) is 1.84. The van der Waals surface area contributed by atoms with Gasteiger partial charge >= 0.3 is 5.97 Å². The molecule has 0 spiro atoms. The highest BCUT2D eigenvalue weighted by atomic mass is 16.5. The number of carbonyl (C=O) groups is 1. The molecule has 0 bridgehead atoms. The predicted molar refractivity (Wildman–Crippen MR) is 63.0 cm³/mol. The third-order valence-corrected chi connectivity index (χ3v) is 3.66. The summed E-state index contributed by atoms with van der Waals surface area (Å²) in [6.07, 6.45) is 0. The van der Waals surface area contributed by atoms with Crippen molar-refractivity contribution in [1.29, 1.82) is 5.26 Å². The molecule has 18 heavy (non-hydrogen) atoms.